The van der Waals surface area contributed by atoms with Gasteiger partial charge in [0.1, 0.15) is 6.61 Å². The summed E-state index contributed by atoms with van der Waals surface area (Å²) in [6.45, 7) is 2.96. The summed E-state index contributed by atoms with van der Waals surface area (Å²) in [6.07, 6.45) is 1.61. The third-order valence-electron chi connectivity index (χ3n) is 5.06. The number of aromatic amines is 1. The maximum atomic E-state index is 12.4. The topological polar surface area (TPSA) is 107 Å². The Morgan fingerprint density at radius 1 is 1.13 bits per heavy atom. The summed E-state index contributed by atoms with van der Waals surface area (Å²) in [4.78, 5) is 45.5. The maximum Gasteiger partial charge on any atom is 0.349 e. The van der Waals surface area contributed by atoms with E-state index in [0.29, 0.717) is 18.5 Å². The molecule has 0 atom stereocenters. The van der Waals surface area contributed by atoms with Gasteiger partial charge in [-0.3, -0.25) is 14.6 Å². The van der Waals surface area contributed by atoms with Crippen molar-refractivity contribution in [2.75, 3.05) is 0 Å². The van der Waals surface area contributed by atoms with Gasteiger partial charge in [-0.2, -0.15) is 4.98 Å². The maximum absolute atomic E-state index is 12.4. The molecule has 2 aliphatic heterocycles. The Bertz CT molecular complexity index is 1290. The average Bonchev–Trinajstić information content (AvgIpc) is 2.73. The fraction of sp³-hybridized carbons (Fsp3) is 0.227. The lowest BCUT2D eigenvalue weighted by molar-refractivity contribution is -0.129. The van der Waals surface area contributed by atoms with E-state index in [4.69, 9.17) is 4.74 Å². The van der Waals surface area contributed by atoms with Gasteiger partial charge in [-0.1, -0.05) is 30.3 Å². The van der Waals surface area contributed by atoms with Crippen LogP contribution < -0.4 is 11.2 Å². The van der Waals surface area contributed by atoms with Crippen LogP contribution in [0.2, 0.25) is 0 Å². The molecule has 2 heterocycles. The highest BCUT2D eigenvalue weighted by molar-refractivity contribution is 5.81. The van der Waals surface area contributed by atoms with Crippen LogP contribution in [-0.2, 0) is 29.1 Å². The SMILES string of the molecule is Cc1cc2nc3c(=O)[nH]c(=O)nc-3n(CCCc3ccccc3)c2cc1COC=O. The quantitative estimate of drug-likeness (QED) is 0.374. The van der Waals surface area contributed by atoms with E-state index >= 15 is 0 Å². The molecule has 2 aromatic carbocycles. The summed E-state index contributed by atoms with van der Waals surface area (Å²) >= 11 is 0. The Labute approximate surface area is 171 Å². The summed E-state index contributed by atoms with van der Waals surface area (Å²) in [5.74, 6) is 0.246. The minimum absolute atomic E-state index is 0.123. The Balaban J connectivity index is 1.84. The highest BCUT2D eigenvalue weighted by Gasteiger charge is 2.19. The number of aromatic nitrogens is 4. The van der Waals surface area contributed by atoms with Crippen molar-refractivity contribution in [1.29, 1.82) is 0 Å². The van der Waals surface area contributed by atoms with E-state index < -0.39 is 11.2 Å². The second kappa shape index (κ2) is 8.28. The minimum Gasteiger partial charge on any atom is -0.463 e. The van der Waals surface area contributed by atoms with Crippen LogP contribution >= 0.6 is 0 Å². The molecule has 30 heavy (non-hydrogen) atoms. The molecule has 2 aromatic rings. The van der Waals surface area contributed by atoms with E-state index in [9.17, 15) is 14.4 Å². The summed E-state index contributed by atoms with van der Waals surface area (Å²) < 4.78 is 6.77. The first-order chi connectivity index (χ1) is 14.6. The lowest BCUT2D eigenvalue weighted by Crippen LogP contribution is -2.29. The van der Waals surface area contributed by atoms with E-state index in [1.165, 1.54) is 5.56 Å². The number of H-pyrrole nitrogens is 1. The van der Waals surface area contributed by atoms with Gasteiger partial charge in [0.2, 0.25) is 0 Å². The highest BCUT2D eigenvalue weighted by Crippen LogP contribution is 2.25. The number of aryl methyl sites for hydroxylation is 3. The Morgan fingerprint density at radius 2 is 1.93 bits per heavy atom. The van der Waals surface area contributed by atoms with Crippen LogP contribution in [0.15, 0.2) is 52.1 Å². The smallest absolute Gasteiger partial charge is 0.349 e. The fourth-order valence-corrected chi connectivity index (χ4v) is 3.58. The van der Waals surface area contributed by atoms with Gasteiger partial charge in [0.25, 0.3) is 12.0 Å². The first kappa shape index (κ1) is 19.5. The van der Waals surface area contributed by atoms with Crippen LogP contribution in [0.3, 0.4) is 0 Å². The van der Waals surface area contributed by atoms with Crippen molar-refractivity contribution in [2.24, 2.45) is 0 Å². The average molecular weight is 404 g/mol. The Morgan fingerprint density at radius 3 is 2.70 bits per heavy atom. The molecule has 0 fully saturated rings. The number of carbonyl (C=O) groups is 1. The van der Waals surface area contributed by atoms with E-state index in [0.717, 1.165) is 29.5 Å². The lowest BCUT2D eigenvalue weighted by atomic mass is 10.1. The number of nitrogens with zero attached hydrogens (tertiary/aromatic N) is 3. The second-order valence-electron chi connectivity index (χ2n) is 7.07. The van der Waals surface area contributed by atoms with Crippen molar-refractivity contribution in [2.45, 2.75) is 32.9 Å². The van der Waals surface area contributed by atoms with Crippen molar-refractivity contribution in [3.63, 3.8) is 0 Å². The molecule has 2 aliphatic rings. The fourth-order valence-electron chi connectivity index (χ4n) is 3.58. The van der Waals surface area contributed by atoms with Gasteiger partial charge in [-0.15, -0.1) is 0 Å². The molecule has 0 aromatic heterocycles. The van der Waals surface area contributed by atoms with Gasteiger partial charge >= 0.3 is 5.69 Å². The predicted molar refractivity (Wildman–Crippen MR) is 111 cm³/mol. The van der Waals surface area contributed by atoms with Crippen LogP contribution in [0.4, 0.5) is 0 Å². The molecular formula is C22H20N4O4. The minimum atomic E-state index is -0.706. The van der Waals surface area contributed by atoms with Crippen LogP contribution in [0.5, 0.6) is 0 Å². The number of nitrogens with one attached hydrogen (secondary N) is 1. The first-order valence-electron chi connectivity index (χ1n) is 9.60. The molecule has 8 heteroatoms. The molecule has 0 amide bonds. The number of rotatable bonds is 7. The number of hydrogen-bond donors (Lipinski definition) is 1. The van der Waals surface area contributed by atoms with Gasteiger partial charge in [0.05, 0.1) is 11.0 Å². The van der Waals surface area contributed by atoms with E-state index in [1.54, 1.807) is 0 Å². The summed E-state index contributed by atoms with van der Waals surface area (Å²) in [7, 11) is 0. The van der Waals surface area contributed by atoms with Gasteiger partial charge in [-0.25, -0.2) is 9.78 Å². The van der Waals surface area contributed by atoms with Gasteiger partial charge in [0.15, 0.2) is 11.5 Å². The second-order valence-corrected chi connectivity index (χ2v) is 7.07. The van der Waals surface area contributed by atoms with Gasteiger partial charge < -0.3 is 9.30 Å². The zero-order valence-electron chi connectivity index (χ0n) is 16.4. The number of ether oxygens (including phenoxy) is 1. The zero-order valence-corrected chi connectivity index (χ0v) is 16.4. The number of hydrogen-bond acceptors (Lipinski definition) is 6. The van der Waals surface area contributed by atoms with Crippen LogP contribution in [0, 0.1) is 6.92 Å². The normalized spacial score (nSPS) is 11.1. The van der Waals surface area contributed by atoms with Crippen LogP contribution in [-0.4, -0.2) is 26.0 Å². The molecule has 0 radical (unpaired) electrons. The Kier molecular flexibility index (Phi) is 5.38. The first-order valence-corrected chi connectivity index (χ1v) is 9.60. The third-order valence-corrected chi connectivity index (χ3v) is 5.06. The monoisotopic (exact) mass is 404 g/mol. The number of fused-ring (bicyclic) bond motifs is 2. The largest absolute Gasteiger partial charge is 0.463 e. The van der Waals surface area contributed by atoms with Crippen molar-refractivity contribution in [3.8, 4) is 11.5 Å². The molecule has 4 rings (SSSR count). The molecule has 1 N–H and O–H groups in total. The third kappa shape index (κ3) is 3.84. The zero-order chi connectivity index (χ0) is 21.1. The standard InChI is InChI=1S/C22H20N4O4/c1-14-10-17-18(11-16(14)12-30-13-27)26(9-5-8-15-6-3-2-4-7-15)20-19(23-17)21(28)25-22(29)24-20/h2-4,6-7,10-11,13H,5,8-9,12H2,1H3,(H,25,28,29). The van der Waals surface area contributed by atoms with Crippen molar-refractivity contribution in [3.05, 3.63) is 80.0 Å². The Hall–Kier alpha value is -3.81. The molecule has 152 valence electrons. The lowest BCUT2D eigenvalue weighted by Gasteiger charge is -2.18. The highest BCUT2D eigenvalue weighted by atomic mass is 16.5. The molecule has 0 aliphatic carbocycles. The predicted octanol–water partition coefficient (Wildman–Crippen LogP) is 2.20. The van der Waals surface area contributed by atoms with Crippen molar-refractivity contribution < 1.29 is 9.53 Å². The van der Waals surface area contributed by atoms with E-state index in [-0.39, 0.29) is 18.1 Å². The number of benzene rings is 2. The molecule has 0 saturated heterocycles. The van der Waals surface area contributed by atoms with Gasteiger partial charge in [0, 0.05) is 6.54 Å². The summed E-state index contributed by atoms with van der Waals surface area (Å²) in [5.41, 5.74) is 3.10. The van der Waals surface area contributed by atoms with Crippen molar-refractivity contribution in [1.82, 2.24) is 19.5 Å². The molecule has 8 nitrogen and oxygen atoms in total. The molecule has 0 unspecified atom stereocenters. The summed E-state index contributed by atoms with van der Waals surface area (Å²) in [5, 5.41) is 0. The molecule has 0 saturated carbocycles. The van der Waals surface area contributed by atoms with Crippen molar-refractivity contribution >= 4 is 17.5 Å². The van der Waals surface area contributed by atoms with Crippen LogP contribution in [0.25, 0.3) is 22.6 Å². The molecular weight excluding hydrogens is 384 g/mol. The number of carbonyl (C=O) groups excluding carboxylic acids is 1. The summed E-state index contributed by atoms with van der Waals surface area (Å²) in [6, 6.07) is 13.8. The van der Waals surface area contributed by atoms with E-state index in [1.807, 2.05) is 41.8 Å². The van der Waals surface area contributed by atoms with Crippen LogP contribution in [0.1, 0.15) is 23.1 Å². The molecule has 0 spiro atoms. The van der Waals surface area contributed by atoms with Gasteiger partial charge in [-0.05, 0) is 48.6 Å². The molecule has 0 bridgehead atoms. The van der Waals surface area contributed by atoms with E-state index in [2.05, 4.69) is 27.1 Å².